The molecule has 0 saturated carbocycles. The first kappa shape index (κ1) is 11.0. The minimum Gasteiger partial charge on any atom is -0.327 e. The number of rotatable bonds is 1. The highest BCUT2D eigenvalue weighted by Gasteiger charge is 2.11. The first-order valence-electron chi connectivity index (χ1n) is 6.16. The van der Waals surface area contributed by atoms with Gasteiger partial charge in [-0.25, -0.2) is 4.98 Å². The Morgan fingerprint density at radius 1 is 1.00 bits per heavy atom. The van der Waals surface area contributed by atoms with E-state index in [2.05, 4.69) is 67.9 Å². The second-order valence-corrected chi connectivity index (χ2v) is 4.80. The van der Waals surface area contributed by atoms with E-state index in [1.165, 1.54) is 22.2 Å². The standard InChI is InChI=1S/C16H16N2/c1-11-8-9-15-14(10-11)17-16(18(15)3)13-7-5-4-6-12(13)2/h4-10H,1-3H3. The first-order valence-corrected chi connectivity index (χ1v) is 6.16. The fraction of sp³-hybridized carbons (Fsp3) is 0.188. The number of fused-ring (bicyclic) bond motifs is 1. The predicted octanol–water partition coefficient (Wildman–Crippen LogP) is 3.86. The smallest absolute Gasteiger partial charge is 0.141 e. The van der Waals surface area contributed by atoms with Crippen molar-refractivity contribution in [3.63, 3.8) is 0 Å². The van der Waals surface area contributed by atoms with Crippen LogP contribution in [-0.4, -0.2) is 9.55 Å². The van der Waals surface area contributed by atoms with Crippen molar-refractivity contribution >= 4 is 11.0 Å². The van der Waals surface area contributed by atoms with Crippen LogP contribution in [-0.2, 0) is 7.05 Å². The van der Waals surface area contributed by atoms with Crippen molar-refractivity contribution in [1.29, 1.82) is 0 Å². The van der Waals surface area contributed by atoms with E-state index in [-0.39, 0.29) is 0 Å². The largest absolute Gasteiger partial charge is 0.327 e. The molecule has 1 aromatic heterocycles. The van der Waals surface area contributed by atoms with E-state index in [0.29, 0.717) is 0 Å². The molecule has 0 saturated heterocycles. The van der Waals surface area contributed by atoms with Gasteiger partial charge in [0.05, 0.1) is 11.0 Å². The number of aryl methyl sites for hydroxylation is 3. The summed E-state index contributed by atoms with van der Waals surface area (Å²) in [6.07, 6.45) is 0. The summed E-state index contributed by atoms with van der Waals surface area (Å²) < 4.78 is 2.16. The summed E-state index contributed by atoms with van der Waals surface area (Å²) in [4.78, 5) is 4.77. The minimum absolute atomic E-state index is 1.04. The molecule has 0 aliphatic rings. The summed E-state index contributed by atoms with van der Waals surface area (Å²) in [6.45, 7) is 4.22. The van der Waals surface area contributed by atoms with E-state index in [9.17, 15) is 0 Å². The molecule has 0 amide bonds. The number of imidazole rings is 1. The van der Waals surface area contributed by atoms with Gasteiger partial charge in [-0.05, 0) is 37.1 Å². The van der Waals surface area contributed by atoms with Gasteiger partial charge in [-0.1, -0.05) is 30.3 Å². The van der Waals surface area contributed by atoms with E-state index in [4.69, 9.17) is 4.98 Å². The molecule has 18 heavy (non-hydrogen) atoms. The number of benzene rings is 2. The van der Waals surface area contributed by atoms with E-state index in [0.717, 1.165) is 11.3 Å². The summed E-state index contributed by atoms with van der Waals surface area (Å²) in [5.41, 5.74) is 5.95. The molecule has 0 bridgehead atoms. The van der Waals surface area contributed by atoms with Gasteiger partial charge in [-0.2, -0.15) is 0 Å². The van der Waals surface area contributed by atoms with Gasteiger partial charge in [0.1, 0.15) is 5.82 Å². The molecule has 3 aromatic rings. The van der Waals surface area contributed by atoms with Gasteiger partial charge in [0.25, 0.3) is 0 Å². The summed E-state index contributed by atoms with van der Waals surface area (Å²) in [6, 6.07) is 14.8. The summed E-state index contributed by atoms with van der Waals surface area (Å²) >= 11 is 0. The second kappa shape index (κ2) is 3.98. The minimum atomic E-state index is 1.04. The monoisotopic (exact) mass is 236 g/mol. The molecule has 2 nitrogen and oxygen atoms in total. The third kappa shape index (κ3) is 1.61. The van der Waals surface area contributed by atoms with Crippen LogP contribution in [0.2, 0.25) is 0 Å². The summed E-state index contributed by atoms with van der Waals surface area (Å²) in [5, 5.41) is 0. The quantitative estimate of drug-likeness (QED) is 0.627. The maximum absolute atomic E-state index is 4.77. The Morgan fingerprint density at radius 3 is 2.56 bits per heavy atom. The van der Waals surface area contributed by atoms with Crippen LogP contribution >= 0.6 is 0 Å². The van der Waals surface area contributed by atoms with E-state index < -0.39 is 0 Å². The van der Waals surface area contributed by atoms with Crippen molar-refractivity contribution in [3.05, 3.63) is 53.6 Å². The highest BCUT2D eigenvalue weighted by molar-refractivity contribution is 5.81. The molecule has 0 N–H and O–H groups in total. The lowest BCUT2D eigenvalue weighted by molar-refractivity contribution is 0.957. The molecule has 1 heterocycles. The van der Waals surface area contributed by atoms with Crippen LogP contribution in [0, 0.1) is 13.8 Å². The lowest BCUT2D eigenvalue weighted by Crippen LogP contribution is -1.94. The third-order valence-electron chi connectivity index (χ3n) is 3.42. The van der Waals surface area contributed by atoms with E-state index in [1.54, 1.807) is 0 Å². The average molecular weight is 236 g/mol. The van der Waals surface area contributed by atoms with Gasteiger partial charge >= 0.3 is 0 Å². The molecule has 2 aromatic carbocycles. The van der Waals surface area contributed by atoms with Crippen molar-refractivity contribution in [2.45, 2.75) is 13.8 Å². The van der Waals surface area contributed by atoms with Crippen LogP contribution in [0.15, 0.2) is 42.5 Å². The Hall–Kier alpha value is -2.09. The highest BCUT2D eigenvalue weighted by Crippen LogP contribution is 2.26. The normalized spacial score (nSPS) is 11.1. The van der Waals surface area contributed by atoms with Crippen molar-refractivity contribution < 1.29 is 0 Å². The SMILES string of the molecule is Cc1ccc2c(c1)nc(-c1ccccc1C)n2C. The van der Waals surface area contributed by atoms with Gasteiger partial charge in [0, 0.05) is 12.6 Å². The van der Waals surface area contributed by atoms with E-state index in [1.807, 2.05) is 0 Å². The Bertz CT molecular complexity index is 723. The van der Waals surface area contributed by atoms with Crippen molar-refractivity contribution in [2.75, 3.05) is 0 Å². The van der Waals surface area contributed by atoms with Crippen molar-refractivity contribution in [2.24, 2.45) is 7.05 Å². The topological polar surface area (TPSA) is 17.8 Å². The van der Waals surface area contributed by atoms with Gasteiger partial charge in [0.15, 0.2) is 0 Å². The van der Waals surface area contributed by atoms with Crippen LogP contribution < -0.4 is 0 Å². The molecule has 90 valence electrons. The van der Waals surface area contributed by atoms with Crippen LogP contribution in [0.4, 0.5) is 0 Å². The van der Waals surface area contributed by atoms with Gasteiger partial charge < -0.3 is 4.57 Å². The first-order chi connectivity index (χ1) is 8.66. The van der Waals surface area contributed by atoms with Crippen LogP contribution in [0.3, 0.4) is 0 Å². The Morgan fingerprint density at radius 2 is 1.78 bits per heavy atom. The lowest BCUT2D eigenvalue weighted by Gasteiger charge is -2.05. The average Bonchev–Trinajstić information content (AvgIpc) is 2.67. The lowest BCUT2D eigenvalue weighted by atomic mass is 10.1. The highest BCUT2D eigenvalue weighted by atomic mass is 15.1. The van der Waals surface area contributed by atoms with Gasteiger partial charge in [0.2, 0.25) is 0 Å². The number of aromatic nitrogens is 2. The molecule has 0 aliphatic carbocycles. The molecule has 0 radical (unpaired) electrons. The fourth-order valence-corrected chi connectivity index (χ4v) is 2.37. The zero-order valence-electron chi connectivity index (χ0n) is 10.9. The number of hydrogen-bond donors (Lipinski definition) is 0. The molecule has 0 unspecified atom stereocenters. The summed E-state index contributed by atoms with van der Waals surface area (Å²) in [7, 11) is 2.08. The maximum atomic E-state index is 4.77. The predicted molar refractivity (Wildman–Crippen MR) is 75.6 cm³/mol. The Kier molecular flexibility index (Phi) is 2.44. The van der Waals surface area contributed by atoms with Gasteiger partial charge in [-0.3, -0.25) is 0 Å². The molecular formula is C16H16N2. The molecule has 0 aliphatic heterocycles. The zero-order chi connectivity index (χ0) is 12.7. The molecule has 0 fully saturated rings. The Labute approximate surface area is 107 Å². The van der Waals surface area contributed by atoms with E-state index >= 15 is 0 Å². The van der Waals surface area contributed by atoms with Crippen LogP contribution in [0.25, 0.3) is 22.4 Å². The molecule has 2 heteroatoms. The van der Waals surface area contributed by atoms with Gasteiger partial charge in [-0.15, -0.1) is 0 Å². The summed E-state index contributed by atoms with van der Waals surface area (Å²) in [5.74, 6) is 1.04. The molecule has 0 atom stereocenters. The Balaban J connectivity index is 2.31. The third-order valence-corrected chi connectivity index (χ3v) is 3.42. The maximum Gasteiger partial charge on any atom is 0.141 e. The number of hydrogen-bond acceptors (Lipinski definition) is 1. The molecule has 3 rings (SSSR count). The fourth-order valence-electron chi connectivity index (χ4n) is 2.37. The van der Waals surface area contributed by atoms with Crippen molar-refractivity contribution in [1.82, 2.24) is 9.55 Å². The second-order valence-electron chi connectivity index (χ2n) is 4.80. The van der Waals surface area contributed by atoms with Crippen LogP contribution in [0.1, 0.15) is 11.1 Å². The zero-order valence-corrected chi connectivity index (χ0v) is 10.9. The van der Waals surface area contributed by atoms with Crippen LogP contribution in [0.5, 0.6) is 0 Å². The molecule has 0 spiro atoms. The molecular weight excluding hydrogens is 220 g/mol. The van der Waals surface area contributed by atoms with Crippen molar-refractivity contribution in [3.8, 4) is 11.4 Å². The number of nitrogens with zero attached hydrogens (tertiary/aromatic N) is 2.